The molecule has 5 heteroatoms. The quantitative estimate of drug-likeness (QED) is 0.766. The van der Waals surface area contributed by atoms with Gasteiger partial charge in [-0.15, -0.1) is 0 Å². The molecule has 3 N–H and O–H groups in total. The van der Waals surface area contributed by atoms with E-state index in [1.54, 1.807) is 26.0 Å². The lowest BCUT2D eigenvalue weighted by Gasteiger charge is -2.28. The van der Waals surface area contributed by atoms with Crippen molar-refractivity contribution in [2.75, 3.05) is 6.61 Å². The molecule has 0 aliphatic rings. The van der Waals surface area contributed by atoms with Gasteiger partial charge in [0.15, 0.2) is 0 Å². The lowest BCUT2D eigenvalue weighted by Crippen LogP contribution is -2.50. The summed E-state index contributed by atoms with van der Waals surface area (Å²) in [5, 5.41) is 14.5. The van der Waals surface area contributed by atoms with Gasteiger partial charge in [-0.3, -0.25) is 0 Å². The standard InChI is InChI=1S/C14H21FN2O2/c1-4-12(9-18)16-13(19)17-14(2,3)10-6-5-7-11(15)8-10/h5-8,12,18H,4,9H2,1-3H3,(H2,16,17,19). The van der Waals surface area contributed by atoms with Crippen molar-refractivity contribution in [3.63, 3.8) is 0 Å². The molecule has 0 aliphatic heterocycles. The summed E-state index contributed by atoms with van der Waals surface area (Å²) in [6.45, 7) is 5.35. The van der Waals surface area contributed by atoms with E-state index in [0.29, 0.717) is 12.0 Å². The Bertz CT molecular complexity index is 431. The van der Waals surface area contributed by atoms with Gasteiger partial charge >= 0.3 is 6.03 Å². The molecule has 0 heterocycles. The van der Waals surface area contributed by atoms with Crippen molar-refractivity contribution >= 4 is 6.03 Å². The summed E-state index contributed by atoms with van der Waals surface area (Å²) in [6, 6.07) is 5.46. The number of amides is 2. The maximum Gasteiger partial charge on any atom is 0.315 e. The number of carbonyl (C=O) groups excluding carboxylic acids is 1. The first kappa shape index (κ1) is 15.4. The van der Waals surface area contributed by atoms with Crippen LogP contribution in [0.15, 0.2) is 24.3 Å². The molecule has 0 bridgehead atoms. The predicted octanol–water partition coefficient (Wildman–Crippen LogP) is 2.13. The summed E-state index contributed by atoms with van der Waals surface area (Å²) in [7, 11) is 0. The van der Waals surface area contributed by atoms with Crippen LogP contribution in [-0.4, -0.2) is 23.8 Å². The van der Waals surface area contributed by atoms with Crippen molar-refractivity contribution in [1.82, 2.24) is 10.6 Å². The fraction of sp³-hybridized carbons (Fsp3) is 0.500. The third-order valence-electron chi connectivity index (χ3n) is 3.02. The van der Waals surface area contributed by atoms with Crippen molar-refractivity contribution in [3.05, 3.63) is 35.6 Å². The fourth-order valence-electron chi connectivity index (χ4n) is 1.73. The predicted molar refractivity (Wildman–Crippen MR) is 72.3 cm³/mol. The average Bonchev–Trinajstić information content (AvgIpc) is 2.35. The van der Waals surface area contributed by atoms with E-state index in [4.69, 9.17) is 5.11 Å². The zero-order valence-electron chi connectivity index (χ0n) is 11.5. The van der Waals surface area contributed by atoms with Gasteiger partial charge in [0.2, 0.25) is 0 Å². The minimum atomic E-state index is -0.695. The van der Waals surface area contributed by atoms with Gasteiger partial charge in [-0.05, 0) is 38.0 Å². The number of hydrogen-bond acceptors (Lipinski definition) is 2. The van der Waals surface area contributed by atoms with Crippen molar-refractivity contribution < 1.29 is 14.3 Å². The Hall–Kier alpha value is -1.62. The summed E-state index contributed by atoms with van der Waals surface area (Å²) >= 11 is 0. The van der Waals surface area contributed by atoms with E-state index in [0.717, 1.165) is 0 Å². The number of rotatable bonds is 5. The number of benzene rings is 1. The number of hydrogen-bond donors (Lipinski definition) is 3. The van der Waals surface area contributed by atoms with Crippen molar-refractivity contribution in [2.24, 2.45) is 0 Å². The van der Waals surface area contributed by atoms with Crippen LogP contribution >= 0.6 is 0 Å². The molecule has 2 amide bonds. The molecule has 0 spiro atoms. The Morgan fingerprint density at radius 3 is 2.68 bits per heavy atom. The highest BCUT2D eigenvalue weighted by Crippen LogP contribution is 2.20. The zero-order valence-corrected chi connectivity index (χ0v) is 11.5. The Morgan fingerprint density at radius 2 is 2.16 bits per heavy atom. The Morgan fingerprint density at radius 1 is 1.47 bits per heavy atom. The molecule has 0 saturated carbocycles. The maximum absolute atomic E-state index is 13.2. The van der Waals surface area contributed by atoms with Crippen LogP contribution in [0.2, 0.25) is 0 Å². The van der Waals surface area contributed by atoms with Crippen LogP contribution in [0.5, 0.6) is 0 Å². The topological polar surface area (TPSA) is 61.4 Å². The van der Waals surface area contributed by atoms with E-state index in [1.807, 2.05) is 6.92 Å². The molecule has 0 aliphatic carbocycles. The molecule has 19 heavy (non-hydrogen) atoms. The Balaban J connectivity index is 2.71. The number of aliphatic hydroxyl groups is 1. The molecule has 1 unspecified atom stereocenters. The van der Waals surface area contributed by atoms with Crippen molar-refractivity contribution in [1.29, 1.82) is 0 Å². The van der Waals surface area contributed by atoms with Gasteiger partial charge in [0.05, 0.1) is 18.2 Å². The summed E-state index contributed by atoms with van der Waals surface area (Å²) < 4.78 is 13.2. The highest BCUT2D eigenvalue weighted by molar-refractivity contribution is 5.75. The van der Waals surface area contributed by atoms with Gasteiger partial charge in [-0.2, -0.15) is 0 Å². The van der Waals surface area contributed by atoms with E-state index in [2.05, 4.69) is 10.6 Å². The second-order valence-corrected chi connectivity index (χ2v) is 5.02. The smallest absolute Gasteiger partial charge is 0.315 e. The van der Waals surface area contributed by atoms with Gasteiger partial charge < -0.3 is 15.7 Å². The van der Waals surface area contributed by atoms with Gasteiger partial charge in [0, 0.05) is 0 Å². The highest BCUT2D eigenvalue weighted by Gasteiger charge is 2.24. The second-order valence-electron chi connectivity index (χ2n) is 5.02. The first-order valence-corrected chi connectivity index (χ1v) is 6.34. The normalized spacial score (nSPS) is 12.9. The minimum absolute atomic E-state index is 0.107. The second kappa shape index (κ2) is 6.52. The van der Waals surface area contributed by atoms with E-state index in [9.17, 15) is 9.18 Å². The van der Waals surface area contributed by atoms with E-state index < -0.39 is 5.54 Å². The molecule has 4 nitrogen and oxygen atoms in total. The molecular formula is C14H21FN2O2. The summed E-state index contributed by atoms with van der Waals surface area (Å²) in [5.74, 6) is -0.338. The maximum atomic E-state index is 13.2. The largest absolute Gasteiger partial charge is 0.394 e. The summed E-state index contributed by atoms with van der Waals surface area (Å²) in [5.41, 5.74) is -0.0142. The van der Waals surface area contributed by atoms with Gasteiger partial charge in [-0.25, -0.2) is 9.18 Å². The van der Waals surface area contributed by atoms with Gasteiger partial charge in [-0.1, -0.05) is 19.1 Å². The van der Waals surface area contributed by atoms with Crippen LogP contribution in [0.4, 0.5) is 9.18 Å². The third-order valence-corrected chi connectivity index (χ3v) is 3.02. The first-order valence-electron chi connectivity index (χ1n) is 6.34. The van der Waals surface area contributed by atoms with E-state index >= 15 is 0 Å². The third kappa shape index (κ3) is 4.52. The number of urea groups is 1. The molecule has 0 saturated heterocycles. The summed E-state index contributed by atoms with van der Waals surface area (Å²) in [6.07, 6.45) is 0.643. The molecular weight excluding hydrogens is 247 g/mol. The van der Waals surface area contributed by atoms with Crippen LogP contribution in [0.25, 0.3) is 0 Å². The Kier molecular flexibility index (Phi) is 5.30. The molecule has 1 aromatic carbocycles. The molecule has 1 aromatic rings. The lowest BCUT2D eigenvalue weighted by atomic mass is 9.94. The van der Waals surface area contributed by atoms with E-state index in [-0.39, 0.29) is 24.5 Å². The van der Waals surface area contributed by atoms with Crippen LogP contribution < -0.4 is 10.6 Å². The Labute approximate surface area is 113 Å². The number of carbonyl (C=O) groups is 1. The summed E-state index contributed by atoms with van der Waals surface area (Å²) in [4.78, 5) is 11.8. The fourth-order valence-corrected chi connectivity index (χ4v) is 1.73. The number of aliphatic hydroxyl groups excluding tert-OH is 1. The number of halogens is 1. The molecule has 0 radical (unpaired) electrons. The van der Waals surface area contributed by atoms with E-state index in [1.165, 1.54) is 12.1 Å². The molecule has 0 aromatic heterocycles. The molecule has 1 atom stereocenters. The minimum Gasteiger partial charge on any atom is -0.394 e. The average molecular weight is 268 g/mol. The van der Waals surface area contributed by atoms with Crippen molar-refractivity contribution in [3.8, 4) is 0 Å². The molecule has 106 valence electrons. The van der Waals surface area contributed by atoms with Crippen molar-refractivity contribution in [2.45, 2.75) is 38.8 Å². The zero-order chi connectivity index (χ0) is 14.5. The first-order chi connectivity index (χ1) is 8.89. The van der Waals surface area contributed by atoms with Crippen LogP contribution in [0.1, 0.15) is 32.8 Å². The van der Waals surface area contributed by atoms with Gasteiger partial charge in [0.1, 0.15) is 5.82 Å². The highest BCUT2D eigenvalue weighted by atomic mass is 19.1. The number of nitrogens with one attached hydrogen (secondary N) is 2. The monoisotopic (exact) mass is 268 g/mol. The molecule has 0 fully saturated rings. The molecule has 1 rings (SSSR count). The van der Waals surface area contributed by atoms with Crippen LogP contribution in [0, 0.1) is 5.82 Å². The SMILES string of the molecule is CCC(CO)NC(=O)NC(C)(C)c1cccc(F)c1. The van der Waals surface area contributed by atoms with Crippen LogP contribution in [0.3, 0.4) is 0 Å². The lowest BCUT2D eigenvalue weighted by molar-refractivity contribution is 0.207. The van der Waals surface area contributed by atoms with Gasteiger partial charge in [0.25, 0.3) is 0 Å². The van der Waals surface area contributed by atoms with Crippen LogP contribution in [-0.2, 0) is 5.54 Å².